The lowest BCUT2D eigenvalue weighted by atomic mass is 10.1. The van der Waals surface area contributed by atoms with Crippen molar-refractivity contribution in [2.24, 2.45) is 0 Å². The van der Waals surface area contributed by atoms with Crippen molar-refractivity contribution < 1.29 is 4.79 Å². The Labute approximate surface area is 122 Å². The molecule has 3 aromatic rings. The van der Waals surface area contributed by atoms with Crippen molar-refractivity contribution in [3.63, 3.8) is 0 Å². The summed E-state index contributed by atoms with van der Waals surface area (Å²) in [6.45, 7) is 0. The average Bonchev–Trinajstić information content (AvgIpc) is 2.94. The van der Waals surface area contributed by atoms with Crippen LogP contribution < -0.4 is 10.2 Å². The van der Waals surface area contributed by atoms with Crippen molar-refractivity contribution >= 4 is 28.2 Å². The quantitative estimate of drug-likeness (QED) is 0.775. The second kappa shape index (κ2) is 5.28. The molecule has 5 heteroatoms. The molecule has 0 saturated carbocycles. The van der Waals surface area contributed by atoms with Gasteiger partial charge in [0, 0.05) is 30.9 Å². The van der Waals surface area contributed by atoms with Crippen LogP contribution in [0.3, 0.4) is 0 Å². The molecule has 21 heavy (non-hydrogen) atoms. The summed E-state index contributed by atoms with van der Waals surface area (Å²) in [5.74, 6) is -0.127. The van der Waals surface area contributed by atoms with Crippen LogP contribution in [0.4, 0.5) is 11.4 Å². The zero-order valence-corrected chi connectivity index (χ0v) is 11.9. The predicted molar refractivity (Wildman–Crippen MR) is 84.8 cm³/mol. The maximum Gasteiger partial charge on any atom is 0.257 e. The van der Waals surface area contributed by atoms with Crippen LogP contribution in [0.25, 0.3) is 10.9 Å². The molecule has 0 aliphatic rings. The van der Waals surface area contributed by atoms with Gasteiger partial charge in [-0.1, -0.05) is 12.1 Å². The van der Waals surface area contributed by atoms with E-state index in [0.29, 0.717) is 5.56 Å². The molecule has 0 unspecified atom stereocenters. The first-order valence-electron chi connectivity index (χ1n) is 6.66. The summed E-state index contributed by atoms with van der Waals surface area (Å²) in [6, 6.07) is 13.2. The summed E-state index contributed by atoms with van der Waals surface area (Å²) in [4.78, 5) is 14.4. The first-order valence-corrected chi connectivity index (χ1v) is 6.66. The first kappa shape index (κ1) is 13.2. The van der Waals surface area contributed by atoms with Crippen molar-refractivity contribution in [2.45, 2.75) is 0 Å². The Morgan fingerprint density at radius 2 is 2.00 bits per heavy atom. The summed E-state index contributed by atoms with van der Waals surface area (Å²) in [7, 11) is 3.84. The summed E-state index contributed by atoms with van der Waals surface area (Å²) >= 11 is 0. The van der Waals surface area contributed by atoms with E-state index in [9.17, 15) is 4.79 Å². The van der Waals surface area contributed by atoms with E-state index < -0.39 is 0 Å². The number of H-pyrrole nitrogens is 1. The van der Waals surface area contributed by atoms with Gasteiger partial charge in [0.15, 0.2) is 0 Å². The number of benzene rings is 2. The predicted octanol–water partition coefficient (Wildman–Crippen LogP) is 2.88. The lowest BCUT2D eigenvalue weighted by Gasteiger charge is -2.16. The van der Waals surface area contributed by atoms with E-state index in [1.54, 1.807) is 6.20 Å². The van der Waals surface area contributed by atoms with Crippen molar-refractivity contribution in [2.75, 3.05) is 24.3 Å². The maximum absolute atomic E-state index is 12.5. The Hall–Kier alpha value is -2.82. The summed E-state index contributed by atoms with van der Waals surface area (Å²) in [5, 5.41) is 10.8. The molecule has 0 bridgehead atoms. The number of rotatable bonds is 3. The van der Waals surface area contributed by atoms with Crippen molar-refractivity contribution in [1.82, 2.24) is 10.2 Å². The van der Waals surface area contributed by atoms with E-state index in [0.717, 1.165) is 22.3 Å². The maximum atomic E-state index is 12.5. The smallest absolute Gasteiger partial charge is 0.257 e. The monoisotopic (exact) mass is 280 g/mol. The van der Waals surface area contributed by atoms with E-state index in [1.807, 2.05) is 61.5 Å². The molecule has 0 fully saturated rings. The Balaban J connectivity index is 1.89. The van der Waals surface area contributed by atoms with E-state index in [2.05, 4.69) is 15.5 Å². The van der Waals surface area contributed by atoms with Crippen LogP contribution >= 0.6 is 0 Å². The van der Waals surface area contributed by atoms with Crippen LogP contribution in [0.5, 0.6) is 0 Å². The summed E-state index contributed by atoms with van der Waals surface area (Å²) in [5.41, 5.74) is 3.17. The van der Waals surface area contributed by atoms with E-state index in [-0.39, 0.29) is 5.91 Å². The number of nitrogens with zero attached hydrogens (tertiary/aromatic N) is 2. The van der Waals surface area contributed by atoms with E-state index in [1.165, 1.54) is 0 Å². The number of carbonyl (C=O) groups is 1. The van der Waals surface area contributed by atoms with Gasteiger partial charge in [-0.3, -0.25) is 9.89 Å². The minimum atomic E-state index is -0.127. The van der Waals surface area contributed by atoms with Gasteiger partial charge < -0.3 is 10.2 Å². The van der Waals surface area contributed by atoms with Gasteiger partial charge in [-0.2, -0.15) is 5.10 Å². The van der Waals surface area contributed by atoms with Gasteiger partial charge in [0.1, 0.15) is 0 Å². The molecule has 1 heterocycles. The fourth-order valence-electron chi connectivity index (χ4n) is 2.27. The highest BCUT2D eigenvalue weighted by Gasteiger charge is 2.12. The SMILES string of the molecule is CN(C)c1ccccc1C(=O)Nc1ccc2cn[nH]c2c1. The van der Waals surface area contributed by atoms with Crippen LogP contribution in [0.2, 0.25) is 0 Å². The number of hydrogen-bond donors (Lipinski definition) is 2. The number of aromatic nitrogens is 2. The molecule has 0 aliphatic heterocycles. The largest absolute Gasteiger partial charge is 0.377 e. The third-order valence-electron chi connectivity index (χ3n) is 3.33. The fourth-order valence-corrected chi connectivity index (χ4v) is 2.27. The molecule has 1 aromatic heterocycles. The highest BCUT2D eigenvalue weighted by molar-refractivity contribution is 6.08. The Morgan fingerprint density at radius 1 is 1.19 bits per heavy atom. The number of fused-ring (bicyclic) bond motifs is 1. The molecule has 0 saturated heterocycles. The number of para-hydroxylation sites is 1. The van der Waals surface area contributed by atoms with Crippen molar-refractivity contribution in [3.05, 3.63) is 54.2 Å². The molecule has 106 valence electrons. The molecule has 0 radical (unpaired) electrons. The average molecular weight is 280 g/mol. The van der Waals surface area contributed by atoms with Gasteiger partial charge >= 0.3 is 0 Å². The number of carbonyl (C=O) groups excluding carboxylic acids is 1. The lowest BCUT2D eigenvalue weighted by molar-refractivity contribution is 0.102. The number of amides is 1. The van der Waals surface area contributed by atoms with Crippen LogP contribution in [0.15, 0.2) is 48.7 Å². The first-order chi connectivity index (χ1) is 10.1. The van der Waals surface area contributed by atoms with Crippen molar-refractivity contribution in [3.8, 4) is 0 Å². The minimum absolute atomic E-state index is 0.127. The Bertz CT molecular complexity index is 792. The summed E-state index contributed by atoms with van der Waals surface area (Å²) < 4.78 is 0. The number of aromatic amines is 1. The number of anilines is 2. The Morgan fingerprint density at radius 3 is 2.81 bits per heavy atom. The van der Waals surface area contributed by atoms with E-state index in [4.69, 9.17) is 0 Å². The van der Waals surface area contributed by atoms with Gasteiger partial charge in [-0.15, -0.1) is 0 Å². The highest BCUT2D eigenvalue weighted by Crippen LogP contribution is 2.21. The van der Waals surface area contributed by atoms with E-state index >= 15 is 0 Å². The topological polar surface area (TPSA) is 61.0 Å². The standard InChI is InChI=1S/C16H16N4O/c1-20(2)15-6-4-3-5-13(15)16(21)18-12-8-7-11-10-17-19-14(11)9-12/h3-10H,1-2H3,(H,17,19)(H,18,21). The highest BCUT2D eigenvalue weighted by atomic mass is 16.1. The minimum Gasteiger partial charge on any atom is -0.377 e. The molecule has 1 amide bonds. The van der Waals surface area contributed by atoms with Crippen LogP contribution in [0, 0.1) is 0 Å². The molecule has 0 atom stereocenters. The second-order valence-electron chi connectivity index (χ2n) is 5.04. The van der Waals surface area contributed by atoms with Gasteiger partial charge in [-0.25, -0.2) is 0 Å². The van der Waals surface area contributed by atoms with Crippen LogP contribution in [0.1, 0.15) is 10.4 Å². The van der Waals surface area contributed by atoms with Gasteiger partial charge in [-0.05, 0) is 30.3 Å². The van der Waals surface area contributed by atoms with Crippen LogP contribution in [-0.2, 0) is 0 Å². The third-order valence-corrected chi connectivity index (χ3v) is 3.33. The zero-order valence-electron chi connectivity index (χ0n) is 11.9. The zero-order chi connectivity index (χ0) is 14.8. The summed E-state index contributed by atoms with van der Waals surface area (Å²) in [6.07, 6.45) is 1.75. The normalized spacial score (nSPS) is 10.6. The Kier molecular flexibility index (Phi) is 3.31. The van der Waals surface area contributed by atoms with Gasteiger partial charge in [0.05, 0.1) is 17.3 Å². The molecule has 0 aliphatic carbocycles. The molecule has 2 aromatic carbocycles. The third kappa shape index (κ3) is 2.58. The number of nitrogens with one attached hydrogen (secondary N) is 2. The molecule has 5 nitrogen and oxygen atoms in total. The fraction of sp³-hybridized carbons (Fsp3) is 0.125. The second-order valence-corrected chi connectivity index (χ2v) is 5.04. The molecule has 3 rings (SSSR count). The molecular formula is C16H16N4O. The van der Waals surface area contributed by atoms with Crippen molar-refractivity contribution in [1.29, 1.82) is 0 Å². The molecule has 0 spiro atoms. The van der Waals surface area contributed by atoms with Crippen LogP contribution in [-0.4, -0.2) is 30.2 Å². The molecule has 2 N–H and O–H groups in total. The molecular weight excluding hydrogens is 264 g/mol. The van der Waals surface area contributed by atoms with Gasteiger partial charge in [0.25, 0.3) is 5.91 Å². The lowest BCUT2D eigenvalue weighted by Crippen LogP contribution is -2.18. The number of hydrogen-bond acceptors (Lipinski definition) is 3. The van der Waals surface area contributed by atoms with Gasteiger partial charge in [0.2, 0.25) is 0 Å².